The molecule has 1 heterocycles. The molecular weight excluding hydrogens is 360 g/mol. The molecule has 0 aromatic heterocycles. The topological polar surface area (TPSA) is 76.2 Å². The fraction of sp³-hybridized carbons (Fsp3) is 0.476. The lowest BCUT2D eigenvalue weighted by atomic mass is 10.1. The second-order valence-corrected chi connectivity index (χ2v) is 6.60. The van der Waals surface area contributed by atoms with E-state index in [1.165, 1.54) is 11.6 Å². The van der Waals surface area contributed by atoms with Crippen molar-refractivity contribution < 1.29 is 23.9 Å². The van der Waals surface area contributed by atoms with E-state index in [2.05, 4.69) is 13.5 Å². The Kier molecular flexibility index (Phi) is 8.19. The molecule has 28 heavy (non-hydrogen) atoms. The van der Waals surface area contributed by atoms with Crippen LogP contribution in [0.3, 0.4) is 0 Å². The summed E-state index contributed by atoms with van der Waals surface area (Å²) in [6, 6.07) is 7.60. The molecule has 0 saturated carbocycles. The molecule has 1 unspecified atom stereocenters. The quantitative estimate of drug-likeness (QED) is 0.500. The highest BCUT2D eigenvalue weighted by Gasteiger charge is 2.26. The molecule has 0 radical (unpaired) electrons. The molecule has 0 spiro atoms. The molecule has 0 aliphatic carbocycles. The summed E-state index contributed by atoms with van der Waals surface area (Å²) in [4.78, 5) is 39.9. The normalized spacial score (nSPS) is 15.1. The average molecular weight is 388 g/mol. The molecule has 1 fully saturated rings. The third-order valence-electron chi connectivity index (χ3n) is 4.66. The number of nitrogens with zero attached hydrogens (tertiary/aromatic N) is 2. The Morgan fingerprint density at radius 2 is 1.71 bits per heavy atom. The molecule has 1 aromatic carbocycles. The number of amides is 2. The molecule has 1 saturated heterocycles. The Hall–Kier alpha value is -2.67. The summed E-state index contributed by atoms with van der Waals surface area (Å²) in [5.41, 5.74) is 1.84. The first-order chi connectivity index (χ1) is 13.5. The molecule has 0 N–H and O–H groups in total. The SMILES string of the molecule is C=CCOC(C)C(=O)OCC(=O)N1CCN(C(=O)c2ccc(CC)cc2)CC1. The number of piperazine rings is 1. The molecule has 1 atom stereocenters. The highest BCUT2D eigenvalue weighted by Crippen LogP contribution is 2.11. The van der Waals surface area contributed by atoms with Crippen LogP contribution >= 0.6 is 0 Å². The van der Waals surface area contributed by atoms with Gasteiger partial charge in [-0.1, -0.05) is 25.1 Å². The minimum atomic E-state index is -0.751. The number of ether oxygens (including phenoxy) is 2. The molecule has 7 heteroatoms. The predicted octanol–water partition coefficient (Wildman–Crippen LogP) is 1.67. The van der Waals surface area contributed by atoms with Gasteiger partial charge in [0.1, 0.15) is 0 Å². The van der Waals surface area contributed by atoms with Crippen molar-refractivity contribution >= 4 is 17.8 Å². The number of benzene rings is 1. The van der Waals surface area contributed by atoms with Gasteiger partial charge < -0.3 is 19.3 Å². The largest absolute Gasteiger partial charge is 0.454 e. The van der Waals surface area contributed by atoms with Crippen molar-refractivity contribution in [3.8, 4) is 0 Å². The van der Waals surface area contributed by atoms with Crippen LogP contribution < -0.4 is 0 Å². The van der Waals surface area contributed by atoms with E-state index in [9.17, 15) is 14.4 Å². The van der Waals surface area contributed by atoms with Crippen LogP contribution in [-0.4, -0.2) is 73.1 Å². The number of carbonyl (C=O) groups excluding carboxylic acids is 3. The maximum absolute atomic E-state index is 12.6. The fourth-order valence-electron chi connectivity index (χ4n) is 2.85. The van der Waals surface area contributed by atoms with Crippen LogP contribution in [0.5, 0.6) is 0 Å². The number of rotatable bonds is 8. The minimum absolute atomic E-state index is 0.0330. The summed E-state index contributed by atoms with van der Waals surface area (Å²) in [6.45, 7) is 8.78. The van der Waals surface area contributed by atoms with Crippen molar-refractivity contribution in [3.05, 3.63) is 48.0 Å². The van der Waals surface area contributed by atoms with E-state index >= 15 is 0 Å². The second kappa shape index (κ2) is 10.6. The van der Waals surface area contributed by atoms with Crippen molar-refractivity contribution in [1.82, 2.24) is 9.80 Å². The lowest BCUT2D eigenvalue weighted by Crippen LogP contribution is -2.51. The van der Waals surface area contributed by atoms with Gasteiger partial charge in [0, 0.05) is 31.7 Å². The van der Waals surface area contributed by atoms with E-state index in [-0.39, 0.29) is 25.0 Å². The van der Waals surface area contributed by atoms with E-state index in [0.717, 1.165) is 6.42 Å². The number of carbonyl (C=O) groups is 3. The molecule has 1 aliphatic rings. The van der Waals surface area contributed by atoms with Crippen LogP contribution in [0.15, 0.2) is 36.9 Å². The highest BCUT2D eigenvalue weighted by atomic mass is 16.6. The molecule has 1 aliphatic heterocycles. The van der Waals surface area contributed by atoms with Crippen LogP contribution in [-0.2, 0) is 25.5 Å². The zero-order valence-electron chi connectivity index (χ0n) is 16.6. The van der Waals surface area contributed by atoms with Gasteiger partial charge in [-0.15, -0.1) is 6.58 Å². The third kappa shape index (κ3) is 5.92. The van der Waals surface area contributed by atoms with E-state index in [1.54, 1.807) is 16.7 Å². The van der Waals surface area contributed by atoms with Crippen LogP contribution in [0.2, 0.25) is 0 Å². The summed E-state index contributed by atoms with van der Waals surface area (Å²) in [6.07, 6.45) is 1.71. The van der Waals surface area contributed by atoms with Crippen LogP contribution in [0, 0.1) is 0 Å². The molecule has 7 nitrogen and oxygen atoms in total. The molecular formula is C21H28N2O5. The van der Waals surface area contributed by atoms with Crippen molar-refractivity contribution in [2.75, 3.05) is 39.4 Å². The van der Waals surface area contributed by atoms with E-state index < -0.39 is 12.1 Å². The summed E-state index contributed by atoms with van der Waals surface area (Å²) in [5, 5.41) is 0. The van der Waals surface area contributed by atoms with Gasteiger partial charge in [0.15, 0.2) is 12.7 Å². The average Bonchev–Trinajstić information content (AvgIpc) is 2.75. The molecule has 1 aromatic rings. The first-order valence-electron chi connectivity index (χ1n) is 9.51. The summed E-state index contributed by atoms with van der Waals surface area (Å²) in [5.74, 6) is -0.891. The first kappa shape index (κ1) is 21.6. The van der Waals surface area contributed by atoms with Crippen LogP contribution in [0.4, 0.5) is 0 Å². The summed E-state index contributed by atoms with van der Waals surface area (Å²) >= 11 is 0. The fourth-order valence-corrected chi connectivity index (χ4v) is 2.85. The number of aryl methyl sites for hydroxylation is 1. The molecule has 0 bridgehead atoms. The lowest BCUT2D eigenvalue weighted by molar-refractivity contribution is -0.161. The molecule has 2 amide bonds. The highest BCUT2D eigenvalue weighted by molar-refractivity contribution is 5.94. The maximum Gasteiger partial charge on any atom is 0.335 e. The van der Waals surface area contributed by atoms with E-state index in [0.29, 0.717) is 31.7 Å². The van der Waals surface area contributed by atoms with Crippen molar-refractivity contribution in [1.29, 1.82) is 0 Å². The van der Waals surface area contributed by atoms with Gasteiger partial charge >= 0.3 is 5.97 Å². The van der Waals surface area contributed by atoms with Gasteiger partial charge in [-0.2, -0.15) is 0 Å². The number of hydrogen-bond donors (Lipinski definition) is 0. The van der Waals surface area contributed by atoms with Crippen molar-refractivity contribution in [2.45, 2.75) is 26.4 Å². The smallest absolute Gasteiger partial charge is 0.335 e. The van der Waals surface area contributed by atoms with Crippen LogP contribution in [0.25, 0.3) is 0 Å². The monoisotopic (exact) mass is 388 g/mol. The van der Waals surface area contributed by atoms with Crippen LogP contribution in [0.1, 0.15) is 29.8 Å². The van der Waals surface area contributed by atoms with E-state index in [1.807, 2.05) is 24.3 Å². The number of hydrogen-bond acceptors (Lipinski definition) is 5. The first-order valence-corrected chi connectivity index (χ1v) is 9.51. The van der Waals surface area contributed by atoms with Gasteiger partial charge in [0.05, 0.1) is 6.61 Å². The van der Waals surface area contributed by atoms with Gasteiger partial charge in [-0.3, -0.25) is 9.59 Å². The maximum atomic E-state index is 12.6. The van der Waals surface area contributed by atoms with Gasteiger partial charge in [-0.25, -0.2) is 4.79 Å². The Balaban J connectivity index is 1.77. The molecule has 152 valence electrons. The molecule has 2 rings (SSSR count). The Morgan fingerprint density at radius 3 is 2.29 bits per heavy atom. The Labute approximate surface area is 165 Å². The van der Waals surface area contributed by atoms with Crippen molar-refractivity contribution in [2.24, 2.45) is 0 Å². The second-order valence-electron chi connectivity index (χ2n) is 6.60. The summed E-state index contributed by atoms with van der Waals surface area (Å²) < 4.78 is 10.2. The zero-order valence-corrected chi connectivity index (χ0v) is 16.6. The minimum Gasteiger partial charge on any atom is -0.454 e. The van der Waals surface area contributed by atoms with Crippen molar-refractivity contribution in [3.63, 3.8) is 0 Å². The Bertz CT molecular complexity index is 693. The standard InChI is InChI=1S/C21H28N2O5/c1-4-14-27-16(3)21(26)28-15-19(24)22-10-12-23(13-11-22)20(25)18-8-6-17(5-2)7-9-18/h4,6-9,16H,1,5,10-15H2,2-3H3. The van der Waals surface area contributed by atoms with Gasteiger partial charge in [0.2, 0.25) is 0 Å². The van der Waals surface area contributed by atoms with Gasteiger partial charge in [-0.05, 0) is 31.0 Å². The summed E-state index contributed by atoms with van der Waals surface area (Å²) in [7, 11) is 0. The number of esters is 1. The zero-order chi connectivity index (χ0) is 20.5. The predicted molar refractivity (Wildman–Crippen MR) is 105 cm³/mol. The van der Waals surface area contributed by atoms with Gasteiger partial charge in [0.25, 0.3) is 11.8 Å². The Morgan fingerprint density at radius 1 is 1.11 bits per heavy atom. The third-order valence-corrected chi connectivity index (χ3v) is 4.66. The lowest BCUT2D eigenvalue weighted by Gasteiger charge is -2.34. The van der Waals surface area contributed by atoms with E-state index in [4.69, 9.17) is 9.47 Å².